The minimum atomic E-state index is -0.109. The summed E-state index contributed by atoms with van der Waals surface area (Å²) in [5.41, 5.74) is 1.68. The molecule has 0 aliphatic rings. The Hall–Kier alpha value is -2.02. The molecule has 102 valence electrons. The topological polar surface area (TPSA) is 62.1 Å². The maximum absolute atomic E-state index is 11.1. The normalized spacial score (nSPS) is 9.68. The summed E-state index contributed by atoms with van der Waals surface area (Å²) in [4.78, 5) is 11.1. The number of unbranched alkanes of at least 4 members (excludes halogenated alkanes) is 2. The van der Waals surface area contributed by atoms with E-state index in [1.807, 2.05) is 19.1 Å². The second-order valence-electron chi connectivity index (χ2n) is 4.23. The van der Waals surface area contributed by atoms with Crippen LogP contribution in [0.1, 0.15) is 38.2 Å². The third-order valence-electron chi connectivity index (χ3n) is 2.71. The first-order valence-corrected chi connectivity index (χ1v) is 6.66. The molecule has 0 saturated carbocycles. The molecule has 0 radical (unpaired) electrons. The van der Waals surface area contributed by atoms with E-state index in [-0.39, 0.29) is 5.97 Å². The molecule has 19 heavy (non-hydrogen) atoms. The monoisotopic (exact) mass is 260 g/mol. The molecular formula is C15H20N2O2. The molecular weight excluding hydrogens is 240 g/mol. The summed E-state index contributed by atoms with van der Waals surface area (Å²) in [7, 11) is 0. The van der Waals surface area contributed by atoms with Gasteiger partial charge in [-0.05, 0) is 44.0 Å². The third-order valence-corrected chi connectivity index (χ3v) is 2.71. The van der Waals surface area contributed by atoms with Gasteiger partial charge in [-0.1, -0.05) is 6.42 Å². The number of carbonyl (C=O) groups excluding carboxylic acids is 1. The van der Waals surface area contributed by atoms with Crippen molar-refractivity contribution in [2.45, 2.75) is 32.6 Å². The fourth-order valence-electron chi connectivity index (χ4n) is 1.70. The van der Waals surface area contributed by atoms with Crippen LogP contribution in [0.3, 0.4) is 0 Å². The lowest BCUT2D eigenvalue weighted by Crippen LogP contribution is -2.04. The van der Waals surface area contributed by atoms with Crippen molar-refractivity contribution < 1.29 is 9.53 Å². The molecule has 4 nitrogen and oxygen atoms in total. The molecule has 0 aliphatic carbocycles. The van der Waals surface area contributed by atoms with Crippen LogP contribution in [0.4, 0.5) is 5.69 Å². The lowest BCUT2D eigenvalue weighted by atomic mass is 10.2. The Bertz CT molecular complexity index is 421. The lowest BCUT2D eigenvalue weighted by Gasteiger charge is -2.06. The Balaban J connectivity index is 2.07. The average Bonchev–Trinajstić information content (AvgIpc) is 2.43. The highest BCUT2D eigenvalue weighted by atomic mass is 16.5. The molecule has 1 aromatic carbocycles. The van der Waals surface area contributed by atoms with E-state index in [9.17, 15) is 4.79 Å². The Labute approximate surface area is 114 Å². The molecule has 0 fully saturated rings. The molecule has 0 aromatic heterocycles. The number of hydrogen-bond acceptors (Lipinski definition) is 4. The molecule has 0 bridgehead atoms. The minimum Gasteiger partial charge on any atom is -0.466 e. The molecule has 1 aromatic rings. The summed E-state index contributed by atoms with van der Waals surface area (Å²) in [6.07, 6.45) is 3.39. The predicted octanol–water partition coefficient (Wildman–Crippen LogP) is 3.09. The van der Waals surface area contributed by atoms with E-state index >= 15 is 0 Å². The van der Waals surface area contributed by atoms with Gasteiger partial charge in [0.05, 0.1) is 18.2 Å². The van der Waals surface area contributed by atoms with Crippen molar-refractivity contribution in [3.05, 3.63) is 29.8 Å². The summed E-state index contributed by atoms with van der Waals surface area (Å²) in [6.45, 7) is 3.15. The van der Waals surface area contributed by atoms with Gasteiger partial charge >= 0.3 is 5.97 Å². The van der Waals surface area contributed by atoms with Crippen molar-refractivity contribution >= 4 is 11.7 Å². The number of rotatable bonds is 8. The van der Waals surface area contributed by atoms with Gasteiger partial charge in [-0.2, -0.15) is 5.26 Å². The van der Waals surface area contributed by atoms with Crippen LogP contribution < -0.4 is 5.32 Å². The van der Waals surface area contributed by atoms with Gasteiger partial charge in [-0.3, -0.25) is 4.79 Å². The standard InChI is InChI=1S/C15H20N2O2/c1-2-19-15(18)6-4-3-5-11-17-14-9-7-13(12-16)8-10-14/h7-10,17H,2-6,11H2,1H3. The van der Waals surface area contributed by atoms with Crippen LogP contribution in [0.25, 0.3) is 0 Å². The molecule has 0 amide bonds. The van der Waals surface area contributed by atoms with Crippen molar-refractivity contribution in [2.24, 2.45) is 0 Å². The summed E-state index contributed by atoms with van der Waals surface area (Å²) in [6, 6.07) is 9.48. The van der Waals surface area contributed by atoms with Crippen LogP contribution in [0, 0.1) is 11.3 Å². The second kappa shape index (κ2) is 8.98. The quantitative estimate of drug-likeness (QED) is 0.576. The van der Waals surface area contributed by atoms with Gasteiger partial charge in [0, 0.05) is 18.7 Å². The Morgan fingerprint density at radius 2 is 2.00 bits per heavy atom. The minimum absolute atomic E-state index is 0.109. The van der Waals surface area contributed by atoms with Crippen molar-refractivity contribution in [1.29, 1.82) is 5.26 Å². The van der Waals surface area contributed by atoms with E-state index in [0.717, 1.165) is 31.5 Å². The van der Waals surface area contributed by atoms with Crippen LogP contribution in [0.2, 0.25) is 0 Å². The zero-order valence-corrected chi connectivity index (χ0v) is 11.3. The smallest absolute Gasteiger partial charge is 0.305 e. The van der Waals surface area contributed by atoms with Gasteiger partial charge in [0.15, 0.2) is 0 Å². The summed E-state index contributed by atoms with van der Waals surface area (Å²) < 4.78 is 4.86. The summed E-state index contributed by atoms with van der Waals surface area (Å²) >= 11 is 0. The number of hydrogen-bond donors (Lipinski definition) is 1. The van der Waals surface area contributed by atoms with Gasteiger partial charge in [-0.25, -0.2) is 0 Å². The van der Waals surface area contributed by atoms with Gasteiger partial charge < -0.3 is 10.1 Å². The fraction of sp³-hybridized carbons (Fsp3) is 0.467. The van der Waals surface area contributed by atoms with Gasteiger partial charge in [-0.15, -0.1) is 0 Å². The maximum Gasteiger partial charge on any atom is 0.305 e. The van der Waals surface area contributed by atoms with E-state index in [0.29, 0.717) is 18.6 Å². The van der Waals surface area contributed by atoms with Gasteiger partial charge in [0.1, 0.15) is 0 Å². The molecule has 0 aliphatic heterocycles. The molecule has 0 unspecified atom stereocenters. The van der Waals surface area contributed by atoms with E-state index in [4.69, 9.17) is 10.00 Å². The largest absolute Gasteiger partial charge is 0.466 e. The number of esters is 1. The average molecular weight is 260 g/mol. The van der Waals surface area contributed by atoms with E-state index in [2.05, 4.69) is 11.4 Å². The SMILES string of the molecule is CCOC(=O)CCCCCNc1ccc(C#N)cc1. The molecule has 0 saturated heterocycles. The Kier molecular flexibility index (Phi) is 7.11. The van der Waals surface area contributed by atoms with Crippen LogP contribution in [-0.2, 0) is 9.53 Å². The van der Waals surface area contributed by atoms with E-state index < -0.39 is 0 Å². The predicted molar refractivity (Wildman–Crippen MR) is 74.7 cm³/mol. The summed E-state index contributed by atoms with van der Waals surface area (Å²) in [5, 5.41) is 12.0. The first-order chi connectivity index (χ1) is 9.26. The van der Waals surface area contributed by atoms with Crippen LogP contribution in [0.5, 0.6) is 0 Å². The number of nitriles is 1. The third kappa shape index (κ3) is 6.46. The van der Waals surface area contributed by atoms with Crippen molar-refractivity contribution in [1.82, 2.24) is 0 Å². The number of benzene rings is 1. The Morgan fingerprint density at radius 3 is 2.63 bits per heavy atom. The van der Waals surface area contributed by atoms with Crippen molar-refractivity contribution in [2.75, 3.05) is 18.5 Å². The first kappa shape index (κ1) is 15.0. The van der Waals surface area contributed by atoms with E-state index in [1.165, 1.54) is 0 Å². The van der Waals surface area contributed by atoms with Crippen molar-refractivity contribution in [3.63, 3.8) is 0 Å². The molecule has 0 spiro atoms. The number of ether oxygens (including phenoxy) is 1. The number of carbonyl (C=O) groups is 1. The van der Waals surface area contributed by atoms with E-state index in [1.54, 1.807) is 12.1 Å². The highest BCUT2D eigenvalue weighted by molar-refractivity contribution is 5.69. The number of anilines is 1. The molecule has 4 heteroatoms. The Morgan fingerprint density at radius 1 is 1.26 bits per heavy atom. The van der Waals surface area contributed by atoms with Crippen LogP contribution in [-0.4, -0.2) is 19.1 Å². The highest BCUT2D eigenvalue weighted by Crippen LogP contribution is 2.09. The van der Waals surface area contributed by atoms with Crippen LogP contribution in [0.15, 0.2) is 24.3 Å². The zero-order chi connectivity index (χ0) is 13.9. The van der Waals surface area contributed by atoms with Crippen molar-refractivity contribution in [3.8, 4) is 6.07 Å². The van der Waals surface area contributed by atoms with Gasteiger partial charge in [0.25, 0.3) is 0 Å². The number of nitrogens with zero attached hydrogens (tertiary/aromatic N) is 1. The fourth-order valence-corrected chi connectivity index (χ4v) is 1.70. The lowest BCUT2D eigenvalue weighted by molar-refractivity contribution is -0.143. The molecule has 0 atom stereocenters. The highest BCUT2D eigenvalue weighted by Gasteiger charge is 2.00. The molecule has 1 N–H and O–H groups in total. The second-order valence-corrected chi connectivity index (χ2v) is 4.23. The first-order valence-electron chi connectivity index (χ1n) is 6.66. The molecule has 1 rings (SSSR count). The summed E-state index contributed by atoms with van der Waals surface area (Å²) in [5.74, 6) is -0.109. The molecule has 0 heterocycles. The zero-order valence-electron chi connectivity index (χ0n) is 11.3. The number of nitrogens with one attached hydrogen (secondary N) is 1. The van der Waals surface area contributed by atoms with Gasteiger partial charge in [0.2, 0.25) is 0 Å². The maximum atomic E-state index is 11.1. The van der Waals surface area contributed by atoms with Crippen LogP contribution >= 0.6 is 0 Å².